The summed E-state index contributed by atoms with van der Waals surface area (Å²) >= 11 is 0. The summed E-state index contributed by atoms with van der Waals surface area (Å²) in [6.07, 6.45) is 4.64. The van der Waals surface area contributed by atoms with Crippen molar-refractivity contribution in [3.05, 3.63) is 35.9 Å². The molecule has 1 aliphatic heterocycles. The maximum absolute atomic E-state index is 13.0. The number of hydrogen-bond acceptors (Lipinski definition) is 3. The Kier molecular flexibility index (Phi) is 4.42. The molecule has 1 saturated carbocycles. The molecule has 2 fully saturated rings. The first-order valence-electron chi connectivity index (χ1n) is 8.55. The van der Waals surface area contributed by atoms with E-state index in [0.29, 0.717) is 13.0 Å². The van der Waals surface area contributed by atoms with Gasteiger partial charge in [0.1, 0.15) is 6.61 Å². The third kappa shape index (κ3) is 3.12. The van der Waals surface area contributed by atoms with Crippen LogP contribution in [0.5, 0.6) is 0 Å². The molecule has 0 spiro atoms. The van der Waals surface area contributed by atoms with Gasteiger partial charge in [0, 0.05) is 5.92 Å². The second-order valence-corrected chi connectivity index (χ2v) is 7.21. The van der Waals surface area contributed by atoms with Gasteiger partial charge in [-0.15, -0.1) is 0 Å². The Morgan fingerprint density at radius 2 is 1.96 bits per heavy atom. The molecule has 0 unspecified atom stereocenters. The molecule has 23 heavy (non-hydrogen) atoms. The van der Waals surface area contributed by atoms with Crippen molar-refractivity contribution >= 4 is 12.0 Å². The van der Waals surface area contributed by atoms with Crippen molar-refractivity contribution in [1.29, 1.82) is 0 Å². The summed E-state index contributed by atoms with van der Waals surface area (Å²) in [6.45, 7) is 4.44. The molecule has 0 radical (unpaired) electrons. The molecule has 1 saturated heterocycles. The van der Waals surface area contributed by atoms with Crippen LogP contribution in [-0.4, -0.2) is 29.5 Å². The molecule has 4 nitrogen and oxygen atoms in total. The van der Waals surface area contributed by atoms with Gasteiger partial charge in [0.15, 0.2) is 0 Å². The number of ether oxygens (including phenoxy) is 1. The lowest BCUT2D eigenvalue weighted by Crippen LogP contribution is -2.46. The lowest BCUT2D eigenvalue weighted by Gasteiger charge is -2.33. The minimum atomic E-state index is -0.482. The molecule has 1 aromatic rings. The summed E-state index contributed by atoms with van der Waals surface area (Å²) in [4.78, 5) is 26.5. The first-order chi connectivity index (χ1) is 11.0. The van der Waals surface area contributed by atoms with Crippen LogP contribution in [0, 0.1) is 11.3 Å². The molecule has 2 aliphatic rings. The molecule has 1 aliphatic carbocycles. The van der Waals surface area contributed by atoms with Gasteiger partial charge in [-0.05, 0) is 30.2 Å². The summed E-state index contributed by atoms with van der Waals surface area (Å²) < 4.78 is 5.18. The number of benzene rings is 1. The van der Waals surface area contributed by atoms with E-state index in [4.69, 9.17) is 4.74 Å². The van der Waals surface area contributed by atoms with Crippen LogP contribution in [-0.2, 0) is 16.0 Å². The van der Waals surface area contributed by atoms with Gasteiger partial charge in [0.2, 0.25) is 5.91 Å². The van der Waals surface area contributed by atoms with Crippen LogP contribution in [0.15, 0.2) is 30.3 Å². The third-order valence-electron chi connectivity index (χ3n) is 5.67. The number of carbonyl (C=O) groups excluding carboxylic acids is 2. The summed E-state index contributed by atoms with van der Waals surface area (Å²) in [5, 5.41) is 0. The van der Waals surface area contributed by atoms with Gasteiger partial charge in [-0.3, -0.25) is 4.79 Å². The quantitative estimate of drug-likeness (QED) is 0.849. The van der Waals surface area contributed by atoms with Crippen molar-refractivity contribution in [2.75, 3.05) is 6.61 Å². The van der Waals surface area contributed by atoms with Crippen LogP contribution in [0.2, 0.25) is 0 Å². The highest BCUT2D eigenvalue weighted by atomic mass is 16.6. The Balaban J connectivity index is 1.75. The van der Waals surface area contributed by atoms with Gasteiger partial charge in [-0.2, -0.15) is 0 Å². The minimum absolute atomic E-state index is 0.0112. The second-order valence-electron chi connectivity index (χ2n) is 7.21. The highest BCUT2D eigenvalue weighted by Gasteiger charge is 2.45. The fraction of sp³-hybridized carbons (Fsp3) is 0.579. The molecule has 2 amide bonds. The van der Waals surface area contributed by atoms with E-state index in [2.05, 4.69) is 6.92 Å². The molecule has 0 bridgehead atoms. The zero-order valence-electron chi connectivity index (χ0n) is 14.0. The van der Waals surface area contributed by atoms with E-state index in [1.807, 2.05) is 37.3 Å². The van der Waals surface area contributed by atoms with Crippen LogP contribution < -0.4 is 0 Å². The van der Waals surface area contributed by atoms with Crippen molar-refractivity contribution in [3.63, 3.8) is 0 Å². The highest BCUT2D eigenvalue weighted by molar-refractivity contribution is 5.95. The topological polar surface area (TPSA) is 46.6 Å². The molecule has 0 aromatic heterocycles. The van der Waals surface area contributed by atoms with E-state index in [9.17, 15) is 9.59 Å². The van der Waals surface area contributed by atoms with E-state index < -0.39 is 6.09 Å². The van der Waals surface area contributed by atoms with Crippen molar-refractivity contribution < 1.29 is 14.3 Å². The number of amides is 2. The Morgan fingerprint density at radius 1 is 1.30 bits per heavy atom. The van der Waals surface area contributed by atoms with Crippen LogP contribution in [0.25, 0.3) is 0 Å². The van der Waals surface area contributed by atoms with Gasteiger partial charge in [0.05, 0.1) is 6.04 Å². The fourth-order valence-corrected chi connectivity index (χ4v) is 3.89. The largest absolute Gasteiger partial charge is 0.447 e. The Hall–Kier alpha value is -1.84. The number of hydrogen-bond donors (Lipinski definition) is 0. The van der Waals surface area contributed by atoms with Crippen molar-refractivity contribution in [3.8, 4) is 0 Å². The molecule has 4 heteroatoms. The molecular formula is C19H25NO3. The maximum Gasteiger partial charge on any atom is 0.416 e. The van der Waals surface area contributed by atoms with Crippen molar-refractivity contribution in [2.45, 2.75) is 52.0 Å². The summed E-state index contributed by atoms with van der Waals surface area (Å²) in [5.74, 6) is -0.216. The molecular weight excluding hydrogens is 290 g/mol. The van der Waals surface area contributed by atoms with E-state index in [1.54, 1.807) is 0 Å². The monoisotopic (exact) mass is 315 g/mol. The van der Waals surface area contributed by atoms with E-state index >= 15 is 0 Å². The average Bonchev–Trinajstić information content (AvgIpc) is 3.14. The minimum Gasteiger partial charge on any atom is -0.447 e. The Labute approximate surface area is 137 Å². The lowest BCUT2D eigenvalue weighted by atomic mass is 9.76. The summed E-state index contributed by atoms with van der Waals surface area (Å²) in [5.41, 5.74) is 1.13. The molecule has 2 atom stereocenters. The third-order valence-corrected chi connectivity index (χ3v) is 5.67. The molecule has 124 valence electrons. The summed E-state index contributed by atoms with van der Waals surface area (Å²) in [7, 11) is 0. The SMILES string of the molecule is C[C@H](C(=O)N1C(=O)OC[C@@H]1Cc1ccccc1)C1(C)CCCC1. The first kappa shape index (κ1) is 16.0. The predicted octanol–water partition coefficient (Wildman–Crippen LogP) is 3.79. The first-order valence-corrected chi connectivity index (χ1v) is 8.55. The lowest BCUT2D eigenvalue weighted by molar-refractivity contribution is -0.136. The molecule has 0 N–H and O–H groups in total. The number of imide groups is 1. The van der Waals surface area contributed by atoms with Gasteiger partial charge < -0.3 is 4.74 Å². The van der Waals surface area contributed by atoms with Gasteiger partial charge in [-0.1, -0.05) is 57.0 Å². The molecule has 1 aromatic carbocycles. The van der Waals surface area contributed by atoms with Crippen LogP contribution in [0.3, 0.4) is 0 Å². The normalized spacial score (nSPS) is 24.5. The van der Waals surface area contributed by atoms with Crippen LogP contribution in [0.4, 0.5) is 4.79 Å². The standard InChI is InChI=1S/C19H25NO3/c1-14(19(2)10-6-7-11-19)17(21)20-16(13-23-18(20)22)12-15-8-4-3-5-9-15/h3-5,8-9,14,16H,6-7,10-13H2,1-2H3/t14-,16+/m1/s1. The van der Waals surface area contributed by atoms with Crippen molar-refractivity contribution in [2.24, 2.45) is 11.3 Å². The fourth-order valence-electron chi connectivity index (χ4n) is 3.89. The highest BCUT2D eigenvalue weighted by Crippen LogP contribution is 2.44. The van der Waals surface area contributed by atoms with Gasteiger partial charge >= 0.3 is 6.09 Å². The Morgan fingerprint density at radius 3 is 2.61 bits per heavy atom. The number of nitrogens with zero attached hydrogens (tertiary/aromatic N) is 1. The molecule has 1 heterocycles. The van der Waals surface area contributed by atoms with E-state index in [-0.39, 0.29) is 23.3 Å². The van der Waals surface area contributed by atoms with Gasteiger partial charge in [0.25, 0.3) is 0 Å². The zero-order valence-corrected chi connectivity index (χ0v) is 14.0. The van der Waals surface area contributed by atoms with Crippen LogP contribution >= 0.6 is 0 Å². The number of cyclic esters (lactones) is 1. The second kappa shape index (κ2) is 6.34. The number of carbonyl (C=O) groups is 2. The van der Waals surface area contributed by atoms with E-state index in [0.717, 1.165) is 18.4 Å². The zero-order chi connectivity index (χ0) is 16.4. The van der Waals surface area contributed by atoms with Crippen LogP contribution in [0.1, 0.15) is 45.1 Å². The molecule has 3 rings (SSSR count). The predicted molar refractivity (Wildman–Crippen MR) is 87.9 cm³/mol. The average molecular weight is 315 g/mol. The summed E-state index contributed by atoms with van der Waals surface area (Å²) in [6, 6.07) is 9.76. The maximum atomic E-state index is 13.0. The Bertz CT molecular complexity index is 578. The number of rotatable bonds is 4. The smallest absolute Gasteiger partial charge is 0.416 e. The van der Waals surface area contributed by atoms with Gasteiger partial charge in [-0.25, -0.2) is 9.69 Å². The van der Waals surface area contributed by atoms with Crippen molar-refractivity contribution in [1.82, 2.24) is 4.90 Å². The van der Waals surface area contributed by atoms with E-state index in [1.165, 1.54) is 17.7 Å².